The summed E-state index contributed by atoms with van der Waals surface area (Å²) in [5.41, 5.74) is 2.79. The molecule has 60 heavy (non-hydrogen) atoms. The lowest BCUT2D eigenvalue weighted by Gasteiger charge is -2.29. The number of anilines is 3. The van der Waals surface area contributed by atoms with Crippen LogP contribution < -0.4 is 26.6 Å². The van der Waals surface area contributed by atoms with Gasteiger partial charge in [0.25, 0.3) is 23.6 Å². The molecular formula is C44H43ClFN7O6S. The van der Waals surface area contributed by atoms with Crippen LogP contribution in [0.4, 0.5) is 21.6 Å². The number of fused-ring (bicyclic) bond motifs is 2. The highest BCUT2D eigenvalue weighted by atomic mass is 35.5. The van der Waals surface area contributed by atoms with Gasteiger partial charge in [-0.2, -0.15) is 0 Å². The third-order valence-electron chi connectivity index (χ3n) is 10.5. The van der Waals surface area contributed by atoms with Gasteiger partial charge in [0, 0.05) is 58.8 Å². The molecule has 2 aliphatic heterocycles. The summed E-state index contributed by atoms with van der Waals surface area (Å²) in [4.78, 5) is 82.1. The molecule has 5 aromatic rings. The Kier molecular flexibility index (Phi) is 13.5. The van der Waals surface area contributed by atoms with Crippen LogP contribution in [0.3, 0.4) is 0 Å². The number of unbranched alkanes of at least 4 members (excludes halogenated alkanes) is 6. The van der Waals surface area contributed by atoms with Crippen LogP contribution in [0.5, 0.6) is 0 Å². The van der Waals surface area contributed by atoms with Crippen LogP contribution in [0.25, 0.3) is 10.1 Å². The van der Waals surface area contributed by atoms with Crippen LogP contribution in [-0.4, -0.2) is 64.5 Å². The fourth-order valence-electron chi connectivity index (χ4n) is 7.31. The molecule has 310 valence electrons. The molecule has 1 unspecified atom stereocenters. The van der Waals surface area contributed by atoms with Gasteiger partial charge in [0.1, 0.15) is 11.9 Å². The van der Waals surface area contributed by atoms with Gasteiger partial charge in [-0.05, 0) is 73.4 Å². The molecule has 2 aliphatic rings. The lowest BCUT2D eigenvalue weighted by atomic mass is 10.0. The average Bonchev–Trinajstić information content (AvgIpc) is 3.82. The molecule has 1 saturated heterocycles. The lowest BCUT2D eigenvalue weighted by Crippen LogP contribution is -2.52. The molecule has 1 fully saturated rings. The van der Waals surface area contributed by atoms with Gasteiger partial charge in [0.2, 0.25) is 11.8 Å². The van der Waals surface area contributed by atoms with Gasteiger partial charge in [-0.3, -0.25) is 34.1 Å². The van der Waals surface area contributed by atoms with E-state index >= 15 is 0 Å². The molecule has 3 aromatic carbocycles. The summed E-state index contributed by atoms with van der Waals surface area (Å²) < 4.78 is 15.0. The van der Waals surface area contributed by atoms with Crippen molar-refractivity contribution in [3.8, 4) is 0 Å². The monoisotopic (exact) mass is 851 g/mol. The second-order valence-electron chi connectivity index (χ2n) is 14.7. The van der Waals surface area contributed by atoms with Crippen molar-refractivity contribution in [2.75, 3.05) is 23.7 Å². The minimum atomic E-state index is -0.704. The van der Waals surface area contributed by atoms with Crippen molar-refractivity contribution in [1.29, 1.82) is 0 Å². The zero-order valence-corrected chi connectivity index (χ0v) is 34.1. The van der Waals surface area contributed by atoms with Crippen molar-refractivity contribution < 1.29 is 33.2 Å². The van der Waals surface area contributed by atoms with Crippen molar-refractivity contribution in [1.82, 2.24) is 25.8 Å². The number of piperidine rings is 1. The van der Waals surface area contributed by atoms with Gasteiger partial charge < -0.3 is 26.2 Å². The number of nitrogens with one attached hydrogen (secondary N) is 5. The maximum absolute atomic E-state index is 14.0. The topological polar surface area (TPSA) is 179 Å². The minimum absolute atomic E-state index is 0.179. The van der Waals surface area contributed by atoms with Gasteiger partial charge in [-0.15, -0.1) is 11.3 Å². The van der Waals surface area contributed by atoms with Gasteiger partial charge in [-0.1, -0.05) is 61.9 Å². The van der Waals surface area contributed by atoms with Gasteiger partial charge in [0.15, 0.2) is 5.82 Å². The summed E-state index contributed by atoms with van der Waals surface area (Å²) in [7, 11) is 0. The minimum Gasteiger partial charge on any atom is -0.352 e. The maximum atomic E-state index is 14.0. The Morgan fingerprint density at radius 2 is 1.55 bits per heavy atom. The SMILES string of the molecule is O=C1CCC(N2Cc3cc(C(=O)NCCCCCCCCCNC(=O)c4cnc(Nc5cc(F)ccc5Cl)c(NC(=O)c5csc6ccccc56)c4)ccc3C2=O)C(=O)N1. The number of amides is 6. The molecule has 0 saturated carbocycles. The summed E-state index contributed by atoms with van der Waals surface area (Å²) in [6.07, 6.45) is 8.31. The van der Waals surface area contributed by atoms with E-state index in [0.717, 1.165) is 55.0 Å². The van der Waals surface area contributed by atoms with E-state index in [1.807, 2.05) is 24.3 Å². The Morgan fingerprint density at radius 1 is 0.833 bits per heavy atom. The molecule has 2 aromatic heterocycles. The first-order chi connectivity index (χ1) is 29.0. The number of rotatable bonds is 17. The Hall–Kier alpha value is -6.19. The summed E-state index contributed by atoms with van der Waals surface area (Å²) in [6.45, 7) is 1.19. The fourth-order valence-corrected chi connectivity index (χ4v) is 8.41. The third kappa shape index (κ3) is 9.97. The number of pyridine rings is 1. The molecule has 0 spiro atoms. The Bertz CT molecular complexity index is 2480. The number of thiophene rings is 1. The van der Waals surface area contributed by atoms with Crippen molar-refractivity contribution in [2.45, 2.75) is 70.4 Å². The normalized spacial score (nSPS) is 14.8. The van der Waals surface area contributed by atoms with Crippen molar-refractivity contribution in [3.05, 3.63) is 117 Å². The summed E-state index contributed by atoms with van der Waals surface area (Å²) >= 11 is 7.74. The zero-order valence-electron chi connectivity index (χ0n) is 32.6. The van der Waals surface area contributed by atoms with Crippen LogP contribution in [0.1, 0.15) is 105 Å². The summed E-state index contributed by atoms with van der Waals surface area (Å²) in [5.74, 6) is -2.37. The van der Waals surface area contributed by atoms with Gasteiger partial charge in [0.05, 0.1) is 27.5 Å². The summed E-state index contributed by atoms with van der Waals surface area (Å²) in [5, 5.41) is 16.8. The molecule has 13 nitrogen and oxygen atoms in total. The number of hydrogen-bond donors (Lipinski definition) is 5. The molecule has 0 aliphatic carbocycles. The van der Waals surface area contributed by atoms with Gasteiger partial charge in [-0.25, -0.2) is 9.37 Å². The van der Waals surface area contributed by atoms with E-state index in [-0.39, 0.29) is 76.7 Å². The van der Waals surface area contributed by atoms with Crippen LogP contribution >= 0.6 is 22.9 Å². The molecule has 5 N–H and O–H groups in total. The average molecular weight is 852 g/mol. The number of nitrogens with zero attached hydrogens (tertiary/aromatic N) is 2. The van der Waals surface area contributed by atoms with Crippen molar-refractivity contribution in [3.63, 3.8) is 0 Å². The Labute approximate surface area is 354 Å². The van der Waals surface area contributed by atoms with Crippen molar-refractivity contribution >= 4 is 85.7 Å². The zero-order chi connectivity index (χ0) is 42.2. The molecule has 6 amide bonds. The number of aromatic nitrogens is 1. The Morgan fingerprint density at radius 3 is 2.30 bits per heavy atom. The molecule has 16 heteroatoms. The van der Waals surface area contributed by atoms with Crippen molar-refractivity contribution in [2.24, 2.45) is 0 Å². The molecular weight excluding hydrogens is 809 g/mol. The van der Waals surface area contributed by atoms with E-state index in [9.17, 15) is 33.2 Å². The van der Waals surface area contributed by atoms with Crippen LogP contribution in [0.15, 0.2) is 78.3 Å². The van der Waals surface area contributed by atoms with E-state index in [1.165, 1.54) is 46.7 Å². The van der Waals surface area contributed by atoms with Crippen LogP contribution in [-0.2, 0) is 16.1 Å². The quantitative estimate of drug-likeness (QED) is 0.0466. The number of halogens is 2. The first-order valence-electron chi connectivity index (χ1n) is 19.9. The number of carbonyl (C=O) groups is 6. The first-order valence-corrected chi connectivity index (χ1v) is 21.1. The highest BCUT2D eigenvalue weighted by molar-refractivity contribution is 7.17. The van der Waals surface area contributed by atoms with E-state index in [2.05, 4.69) is 31.6 Å². The first kappa shape index (κ1) is 42.0. The lowest BCUT2D eigenvalue weighted by molar-refractivity contribution is -0.136. The molecule has 7 rings (SSSR count). The molecule has 4 heterocycles. The molecule has 0 radical (unpaired) electrons. The largest absolute Gasteiger partial charge is 0.352 e. The fraction of sp³-hybridized carbons (Fsp3) is 0.295. The van der Waals surface area contributed by atoms with E-state index in [4.69, 9.17) is 11.6 Å². The predicted octanol–water partition coefficient (Wildman–Crippen LogP) is 7.74. The van der Waals surface area contributed by atoms with E-state index in [0.29, 0.717) is 35.3 Å². The third-order valence-corrected chi connectivity index (χ3v) is 11.8. The van der Waals surface area contributed by atoms with Crippen LogP contribution in [0.2, 0.25) is 5.02 Å². The van der Waals surface area contributed by atoms with Crippen LogP contribution in [0, 0.1) is 5.82 Å². The maximum Gasteiger partial charge on any atom is 0.257 e. The number of imide groups is 1. The molecule has 1 atom stereocenters. The van der Waals surface area contributed by atoms with Gasteiger partial charge >= 0.3 is 0 Å². The highest BCUT2D eigenvalue weighted by Crippen LogP contribution is 2.32. The van der Waals surface area contributed by atoms with E-state index in [1.54, 1.807) is 23.6 Å². The number of hydrogen-bond acceptors (Lipinski definition) is 9. The Balaban J connectivity index is 0.816. The second-order valence-corrected chi connectivity index (χ2v) is 16.0. The predicted molar refractivity (Wildman–Crippen MR) is 228 cm³/mol. The number of benzene rings is 3. The summed E-state index contributed by atoms with van der Waals surface area (Å²) in [6, 6.07) is 17.2. The second kappa shape index (κ2) is 19.3. The standard InChI is InChI=1S/C44H43ClFN7O6S/c45-33-15-13-29(46)22-34(33)50-39-35(51-42(57)32-25-60-37-11-7-6-10-31(32)37)21-27(23-49-39)41(56)48-19-9-5-3-1-2-4-8-18-47-40(55)26-12-14-30-28(20-26)24-53(44(30)59)36-16-17-38(54)52-43(36)58/h6-7,10-15,20-23,25,36H,1-5,8-9,16-19,24H2,(H,47,55)(H,48,56)(H,49,50)(H,51,57)(H,52,54,58). The smallest absolute Gasteiger partial charge is 0.257 e. The molecule has 0 bridgehead atoms. The highest BCUT2D eigenvalue weighted by Gasteiger charge is 2.39. The number of carbonyl (C=O) groups excluding carboxylic acids is 6. The van der Waals surface area contributed by atoms with E-state index < -0.39 is 17.8 Å².